The molecular formula is C36H58O25. The van der Waals surface area contributed by atoms with Gasteiger partial charge in [0.15, 0.2) is 24.4 Å². The summed E-state index contributed by atoms with van der Waals surface area (Å²) in [7, 11) is 4.65. The Bertz CT molecular complexity index is 1420. The Morgan fingerprint density at radius 1 is 0.377 bits per heavy atom. The highest BCUT2D eigenvalue weighted by Gasteiger charge is 2.52. The van der Waals surface area contributed by atoms with Crippen molar-refractivity contribution < 1.29 is 122 Å². The van der Waals surface area contributed by atoms with Crippen LogP contribution in [0.4, 0.5) is 0 Å². The number of hydrogen-bond acceptors (Lipinski definition) is 23. The first-order valence-corrected chi connectivity index (χ1v) is 19.3. The molecule has 0 spiro atoms. The number of carbonyl (C=O) groups is 4. The van der Waals surface area contributed by atoms with E-state index in [2.05, 4.69) is 0 Å². The summed E-state index contributed by atoms with van der Waals surface area (Å²) < 4.78 is 58.7. The van der Waals surface area contributed by atoms with Crippen molar-refractivity contribution in [3.8, 4) is 0 Å². The van der Waals surface area contributed by atoms with Crippen molar-refractivity contribution in [1.29, 1.82) is 0 Å². The maximum atomic E-state index is 12.8. The van der Waals surface area contributed by atoms with E-state index < -0.39 is 185 Å². The molecule has 20 unspecified atom stereocenters. The largest absolute Gasteiger partial charge is 0.479 e. The first kappa shape index (κ1) is 50.8. The molecule has 61 heavy (non-hydrogen) atoms. The van der Waals surface area contributed by atoms with Gasteiger partial charge >= 0.3 is 23.9 Å². The normalized spacial score (nSPS) is 41.8. The lowest BCUT2D eigenvalue weighted by Crippen LogP contribution is -2.61. The zero-order valence-electron chi connectivity index (χ0n) is 33.8. The minimum atomic E-state index is -1.74. The summed E-state index contributed by atoms with van der Waals surface area (Å²) in [5, 5.41) is 106. The second-order valence-electron chi connectivity index (χ2n) is 15.2. The maximum absolute atomic E-state index is 12.8. The van der Waals surface area contributed by atoms with Crippen molar-refractivity contribution in [1.82, 2.24) is 0 Å². The highest BCUT2D eigenvalue weighted by atomic mass is 16.6. The minimum absolute atomic E-state index is 0.204. The summed E-state index contributed by atoms with van der Waals surface area (Å²) in [4.78, 5) is 49.3. The van der Waals surface area contributed by atoms with E-state index in [9.17, 15) is 70.2 Å². The van der Waals surface area contributed by atoms with E-state index in [-0.39, 0.29) is 13.2 Å². The van der Waals surface area contributed by atoms with Crippen molar-refractivity contribution in [3.05, 3.63) is 0 Å². The van der Waals surface area contributed by atoms with Crippen LogP contribution < -0.4 is 0 Å². The molecule has 4 saturated heterocycles. The van der Waals surface area contributed by atoms with Gasteiger partial charge in [-0.25, -0.2) is 19.2 Å². The fraction of sp³-hybridized carbons (Fsp3) is 0.889. The monoisotopic (exact) mass is 890 g/mol. The molecule has 10 N–H and O–H groups in total. The van der Waals surface area contributed by atoms with E-state index in [1.54, 1.807) is 0 Å². The van der Waals surface area contributed by atoms with Crippen LogP contribution in [0, 0.1) is 23.7 Å². The molecule has 0 aromatic carbocycles. The molecule has 0 aliphatic carbocycles. The van der Waals surface area contributed by atoms with Crippen molar-refractivity contribution in [3.63, 3.8) is 0 Å². The highest BCUT2D eigenvalue weighted by Crippen LogP contribution is 2.33. The topological polar surface area (TPSA) is 372 Å². The van der Waals surface area contributed by atoms with Crippen LogP contribution in [-0.4, -0.2) is 254 Å². The van der Waals surface area contributed by atoms with Gasteiger partial charge in [-0.15, -0.1) is 0 Å². The molecule has 4 rings (SSSR count). The van der Waals surface area contributed by atoms with Crippen molar-refractivity contribution in [2.45, 2.75) is 97.7 Å². The van der Waals surface area contributed by atoms with Crippen LogP contribution in [-0.2, 0) is 71.3 Å². The van der Waals surface area contributed by atoms with Crippen LogP contribution in [0.3, 0.4) is 0 Å². The van der Waals surface area contributed by atoms with Crippen LogP contribution in [0.25, 0.3) is 0 Å². The predicted octanol–water partition coefficient (Wildman–Crippen LogP) is -6.73. The smallest absolute Gasteiger partial charge is 0.335 e. The van der Waals surface area contributed by atoms with Gasteiger partial charge in [0.2, 0.25) is 0 Å². The summed E-state index contributed by atoms with van der Waals surface area (Å²) in [6.07, 6.45) is -24.9. The van der Waals surface area contributed by atoms with Gasteiger partial charge in [-0.2, -0.15) is 0 Å². The fourth-order valence-electron chi connectivity index (χ4n) is 7.88. The molecule has 0 saturated carbocycles. The standard InChI is InChI=1S/C36H58O25/c1-51-5-13-21(37)26(42)18(59-29(13)33(45)46)10-56-7-15-23(39)28(44)20(61-31(15)35(49)53-3)12-57-8-16-24(40)27(43)19(60-32(16)36(50)54-4)11-55-6-14-22(38)25(41)17(9-52-2)58-30(14)34(47)48/h13-32,37-44H,5-12H2,1-4H3,(H,45,46)(H,47,48). The minimum Gasteiger partial charge on any atom is -0.479 e. The molecular weight excluding hydrogens is 832 g/mol. The lowest BCUT2D eigenvalue weighted by molar-refractivity contribution is -0.248. The highest BCUT2D eigenvalue weighted by molar-refractivity contribution is 5.76. The van der Waals surface area contributed by atoms with Gasteiger partial charge in [-0.3, -0.25) is 0 Å². The van der Waals surface area contributed by atoms with Crippen molar-refractivity contribution in [2.24, 2.45) is 23.7 Å². The van der Waals surface area contributed by atoms with Gasteiger partial charge in [0.05, 0.1) is 91.5 Å². The molecule has 0 amide bonds. The van der Waals surface area contributed by atoms with Gasteiger partial charge in [0.25, 0.3) is 0 Å². The third-order valence-electron chi connectivity index (χ3n) is 11.3. The maximum Gasteiger partial charge on any atom is 0.335 e. The van der Waals surface area contributed by atoms with Crippen molar-refractivity contribution >= 4 is 23.9 Å². The van der Waals surface area contributed by atoms with Crippen LogP contribution in [0.2, 0.25) is 0 Å². The number of carboxylic acid groups (broad SMARTS) is 2. The molecule has 4 fully saturated rings. The van der Waals surface area contributed by atoms with Crippen LogP contribution in [0.1, 0.15) is 0 Å². The lowest BCUT2D eigenvalue weighted by Gasteiger charge is -2.43. The number of carbonyl (C=O) groups excluding carboxylic acids is 2. The first-order chi connectivity index (χ1) is 28.9. The Labute approximate surface area is 348 Å². The average molecular weight is 891 g/mol. The number of aliphatic hydroxyl groups excluding tert-OH is 8. The zero-order valence-corrected chi connectivity index (χ0v) is 33.8. The Morgan fingerprint density at radius 3 is 0.918 bits per heavy atom. The SMILES string of the molecule is COCC1OC(C(=O)O)C(COCC2OC(C(=O)OC)C(COCC3OC(C(=O)OC)C(COCC4OC(C(=O)O)C(COC)C(O)C4O)C(O)C3O)C(O)C2O)C(O)C1O. The number of rotatable bonds is 20. The summed E-state index contributed by atoms with van der Waals surface area (Å²) in [5.74, 6) is -9.86. The zero-order chi connectivity index (χ0) is 45.3. The molecule has 352 valence electrons. The van der Waals surface area contributed by atoms with E-state index in [4.69, 9.17) is 52.1 Å². The number of carboxylic acids is 2. The summed E-state index contributed by atoms with van der Waals surface area (Å²) in [6, 6.07) is 0. The van der Waals surface area contributed by atoms with E-state index in [1.807, 2.05) is 0 Å². The number of ether oxygens (including phenoxy) is 11. The number of methoxy groups -OCH3 is 4. The second-order valence-corrected chi connectivity index (χ2v) is 15.2. The summed E-state index contributed by atoms with van der Waals surface area (Å²) >= 11 is 0. The Hall–Kier alpha value is -2.80. The number of aliphatic hydroxyl groups is 8. The third-order valence-corrected chi connectivity index (χ3v) is 11.3. The van der Waals surface area contributed by atoms with E-state index >= 15 is 0 Å². The van der Waals surface area contributed by atoms with Gasteiger partial charge in [0.1, 0.15) is 48.8 Å². The lowest BCUT2D eigenvalue weighted by atomic mass is 9.86. The quantitative estimate of drug-likeness (QED) is 0.0508. The molecule has 0 bridgehead atoms. The Morgan fingerprint density at radius 2 is 0.639 bits per heavy atom. The Kier molecular flexibility index (Phi) is 19.4. The fourth-order valence-corrected chi connectivity index (χ4v) is 7.88. The van der Waals surface area contributed by atoms with Gasteiger partial charge in [-0.05, 0) is 0 Å². The average Bonchev–Trinajstić information content (AvgIpc) is 3.23. The Balaban J connectivity index is 1.34. The molecule has 25 nitrogen and oxygen atoms in total. The predicted molar refractivity (Wildman–Crippen MR) is 192 cm³/mol. The number of esters is 2. The first-order valence-electron chi connectivity index (χ1n) is 19.3. The molecule has 4 aliphatic rings. The van der Waals surface area contributed by atoms with Crippen LogP contribution >= 0.6 is 0 Å². The molecule has 4 aliphatic heterocycles. The van der Waals surface area contributed by atoms with Gasteiger partial charge in [0, 0.05) is 37.9 Å². The van der Waals surface area contributed by atoms with Crippen LogP contribution in [0.15, 0.2) is 0 Å². The molecule has 0 aromatic rings. The van der Waals surface area contributed by atoms with Crippen LogP contribution in [0.5, 0.6) is 0 Å². The van der Waals surface area contributed by atoms with Gasteiger partial charge < -0.3 is 103 Å². The third kappa shape index (κ3) is 11.9. The van der Waals surface area contributed by atoms with E-state index in [0.29, 0.717) is 0 Å². The summed E-state index contributed by atoms with van der Waals surface area (Å²) in [6.45, 7) is -3.64. The molecule has 25 heteroatoms. The number of hydrogen-bond donors (Lipinski definition) is 10. The summed E-state index contributed by atoms with van der Waals surface area (Å²) in [5.41, 5.74) is 0. The molecule has 4 heterocycles. The molecule has 0 aromatic heterocycles. The number of aliphatic carboxylic acids is 2. The van der Waals surface area contributed by atoms with E-state index in [1.165, 1.54) is 14.2 Å². The molecule has 20 atom stereocenters. The van der Waals surface area contributed by atoms with Crippen molar-refractivity contribution in [2.75, 3.05) is 81.3 Å². The second kappa shape index (κ2) is 23.2. The van der Waals surface area contributed by atoms with Gasteiger partial charge in [-0.1, -0.05) is 0 Å². The molecule has 0 radical (unpaired) electrons. The van der Waals surface area contributed by atoms with E-state index in [0.717, 1.165) is 14.2 Å².